The van der Waals surface area contributed by atoms with E-state index in [1.165, 1.54) is 0 Å². The quantitative estimate of drug-likeness (QED) is 0.758. The van der Waals surface area contributed by atoms with Gasteiger partial charge in [0.25, 0.3) is 0 Å². The first-order valence-electron chi connectivity index (χ1n) is 7.35. The molecule has 0 saturated carbocycles. The molecule has 0 bridgehead atoms. The lowest BCUT2D eigenvalue weighted by molar-refractivity contribution is -0.129. The SMILES string of the molecule is CC1(C(=O)N[C@@H](CO)Cc2ccccc2)CCCCN1. The van der Waals surface area contributed by atoms with E-state index in [1.807, 2.05) is 37.3 Å². The molecule has 1 unspecified atom stereocenters. The van der Waals surface area contributed by atoms with Gasteiger partial charge in [-0.3, -0.25) is 4.79 Å². The Morgan fingerprint density at radius 1 is 1.40 bits per heavy atom. The standard InChI is InChI=1S/C16H24N2O2/c1-16(9-5-6-10-17-16)15(20)18-14(12-19)11-13-7-3-2-4-8-13/h2-4,7-8,14,17,19H,5-6,9-12H2,1H3,(H,18,20)/t14-,16?/m1/s1. The summed E-state index contributed by atoms with van der Waals surface area (Å²) in [6, 6.07) is 9.68. The largest absolute Gasteiger partial charge is 0.394 e. The molecule has 0 aromatic heterocycles. The number of hydrogen-bond acceptors (Lipinski definition) is 3. The van der Waals surface area contributed by atoms with Crippen LogP contribution in [-0.2, 0) is 11.2 Å². The van der Waals surface area contributed by atoms with Gasteiger partial charge >= 0.3 is 0 Å². The van der Waals surface area contributed by atoms with Crippen LogP contribution in [0.1, 0.15) is 31.7 Å². The van der Waals surface area contributed by atoms with Crippen molar-refractivity contribution in [3.63, 3.8) is 0 Å². The molecule has 2 rings (SSSR count). The van der Waals surface area contributed by atoms with Crippen molar-refractivity contribution in [2.75, 3.05) is 13.2 Å². The summed E-state index contributed by atoms with van der Waals surface area (Å²) in [6.45, 7) is 2.78. The number of amides is 1. The summed E-state index contributed by atoms with van der Waals surface area (Å²) in [4.78, 5) is 12.4. The van der Waals surface area contributed by atoms with Crippen LogP contribution in [0.15, 0.2) is 30.3 Å². The van der Waals surface area contributed by atoms with E-state index in [0.29, 0.717) is 6.42 Å². The van der Waals surface area contributed by atoms with Gasteiger partial charge in [-0.25, -0.2) is 0 Å². The highest BCUT2D eigenvalue weighted by Crippen LogP contribution is 2.19. The van der Waals surface area contributed by atoms with E-state index in [9.17, 15) is 9.90 Å². The number of benzene rings is 1. The van der Waals surface area contributed by atoms with Crippen molar-refractivity contribution < 1.29 is 9.90 Å². The summed E-state index contributed by atoms with van der Waals surface area (Å²) in [5.41, 5.74) is 0.621. The summed E-state index contributed by atoms with van der Waals surface area (Å²) < 4.78 is 0. The first-order valence-corrected chi connectivity index (χ1v) is 7.35. The minimum absolute atomic E-state index is 0.00724. The third-order valence-electron chi connectivity index (χ3n) is 4.00. The van der Waals surface area contributed by atoms with Crippen molar-refractivity contribution in [2.45, 2.75) is 44.2 Å². The average Bonchev–Trinajstić information content (AvgIpc) is 2.48. The zero-order valence-corrected chi connectivity index (χ0v) is 12.1. The predicted octanol–water partition coefficient (Wildman–Crippen LogP) is 1.24. The van der Waals surface area contributed by atoms with Crippen LogP contribution >= 0.6 is 0 Å². The van der Waals surface area contributed by atoms with Crippen LogP contribution in [0.4, 0.5) is 0 Å². The second-order valence-corrected chi connectivity index (χ2v) is 5.76. The number of hydrogen-bond donors (Lipinski definition) is 3. The number of carbonyl (C=O) groups is 1. The molecule has 1 saturated heterocycles. The van der Waals surface area contributed by atoms with Crippen LogP contribution in [0.2, 0.25) is 0 Å². The lowest BCUT2D eigenvalue weighted by atomic mass is 9.89. The molecule has 0 radical (unpaired) electrons. The molecule has 1 heterocycles. The normalized spacial score (nSPS) is 24.1. The number of aliphatic hydroxyl groups excluding tert-OH is 1. The lowest BCUT2D eigenvalue weighted by Crippen LogP contribution is -2.59. The van der Waals surface area contributed by atoms with Gasteiger partial charge in [-0.1, -0.05) is 30.3 Å². The minimum atomic E-state index is -0.498. The summed E-state index contributed by atoms with van der Waals surface area (Å²) in [6.07, 6.45) is 3.69. The molecule has 3 N–H and O–H groups in total. The molecule has 1 aromatic rings. The van der Waals surface area contributed by atoms with Gasteiger partial charge in [0.2, 0.25) is 5.91 Å². The van der Waals surface area contributed by atoms with Gasteiger partial charge in [0.15, 0.2) is 0 Å². The topological polar surface area (TPSA) is 61.4 Å². The van der Waals surface area contributed by atoms with Crippen molar-refractivity contribution in [3.8, 4) is 0 Å². The van der Waals surface area contributed by atoms with Crippen LogP contribution < -0.4 is 10.6 Å². The van der Waals surface area contributed by atoms with Gasteiger partial charge in [0, 0.05) is 0 Å². The maximum atomic E-state index is 12.4. The highest BCUT2D eigenvalue weighted by Gasteiger charge is 2.35. The maximum absolute atomic E-state index is 12.4. The van der Waals surface area contributed by atoms with Gasteiger partial charge in [-0.2, -0.15) is 0 Å². The molecule has 2 atom stereocenters. The molecule has 1 aromatic carbocycles. The monoisotopic (exact) mass is 276 g/mol. The van der Waals surface area contributed by atoms with E-state index >= 15 is 0 Å². The van der Waals surface area contributed by atoms with Gasteiger partial charge in [-0.05, 0) is 44.7 Å². The van der Waals surface area contributed by atoms with E-state index < -0.39 is 5.54 Å². The maximum Gasteiger partial charge on any atom is 0.240 e. The Kier molecular flexibility index (Phi) is 5.15. The molecule has 20 heavy (non-hydrogen) atoms. The minimum Gasteiger partial charge on any atom is -0.394 e. The average molecular weight is 276 g/mol. The van der Waals surface area contributed by atoms with Crippen molar-refractivity contribution in [2.24, 2.45) is 0 Å². The Morgan fingerprint density at radius 2 is 2.15 bits per heavy atom. The number of nitrogens with one attached hydrogen (secondary N) is 2. The third-order valence-corrected chi connectivity index (χ3v) is 4.00. The van der Waals surface area contributed by atoms with Crippen molar-refractivity contribution in [1.29, 1.82) is 0 Å². The molecule has 1 amide bonds. The van der Waals surface area contributed by atoms with Crippen molar-refractivity contribution in [3.05, 3.63) is 35.9 Å². The van der Waals surface area contributed by atoms with Gasteiger partial charge in [-0.15, -0.1) is 0 Å². The van der Waals surface area contributed by atoms with Gasteiger partial charge < -0.3 is 15.7 Å². The Labute approximate surface area is 120 Å². The molecule has 110 valence electrons. The molecule has 1 aliphatic rings. The summed E-state index contributed by atoms with van der Waals surface area (Å²) in [5.74, 6) is -0.00724. The first kappa shape index (κ1) is 15.0. The van der Waals surface area contributed by atoms with Gasteiger partial charge in [0.05, 0.1) is 18.2 Å². The predicted molar refractivity (Wildman–Crippen MR) is 79.4 cm³/mol. The Bertz CT molecular complexity index is 427. The molecule has 1 aliphatic heterocycles. The van der Waals surface area contributed by atoms with Gasteiger partial charge in [0.1, 0.15) is 0 Å². The second-order valence-electron chi connectivity index (χ2n) is 5.76. The molecule has 1 fully saturated rings. The Balaban J connectivity index is 1.94. The zero-order valence-electron chi connectivity index (χ0n) is 12.1. The van der Waals surface area contributed by atoms with E-state index in [0.717, 1.165) is 31.4 Å². The van der Waals surface area contributed by atoms with E-state index in [1.54, 1.807) is 0 Å². The summed E-state index contributed by atoms with van der Waals surface area (Å²) in [5, 5.41) is 15.8. The molecule has 0 aliphatic carbocycles. The van der Waals surface area contributed by atoms with Crippen LogP contribution in [0.5, 0.6) is 0 Å². The highest BCUT2D eigenvalue weighted by molar-refractivity contribution is 5.86. The van der Waals surface area contributed by atoms with E-state index in [-0.39, 0.29) is 18.6 Å². The summed E-state index contributed by atoms with van der Waals surface area (Å²) in [7, 11) is 0. The van der Waals surface area contributed by atoms with Crippen LogP contribution in [0.25, 0.3) is 0 Å². The molecule has 4 nitrogen and oxygen atoms in total. The summed E-state index contributed by atoms with van der Waals surface area (Å²) >= 11 is 0. The van der Waals surface area contributed by atoms with Crippen molar-refractivity contribution >= 4 is 5.91 Å². The third kappa shape index (κ3) is 3.81. The Hall–Kier alpha value is -1.39. The molecular weight excluding hydrogens is 252 g/mol. The zero-order chi connectivity index (χ0) is 14.4. The lowest BCUT2D eigenvalue weighted by Gasteiger charge is -2.34. The number of aliphatic hydroxyl groups is 1. The molecular formula is C16H24N2O2. The van der Waals surface area contributed by atoms with Crippen LogP contribution in [0, 0.1) is 0 Å². The smallest absolute Gasteiger partial charge is 0.240 e. The van der Waals surface area contributed by atoms with Crippen molar-refractivity contribution in [1.82, 2.24) is 10.6 Å². The fourth-order valence-electron chi connectivity index (χ4n) is 2.65. The fourth-order valence-corrected chi connectivity index (χ4v) is 2.65. The molecule has 0 spiro atoms. The van der Waals surface area contributed by atoms with E-state index in [4.69, 9.17) is 0 Å². The highest BCUT2D eigenvalue weighted by atomic mass is 16.3. The van der Waals surface area contributed by atoms with Crippen LogP contribution in [0.3, 0.4) is 0 Å². The second kappa shape index (κ2) is 6.86. The number of rotatable bonds is 5. The molecule has 4 heteroatoms. The first-order chi connectivity index (χ1) is 9.64. The Morgan fingerprint density at radius 3 is 2.75 bits per heavy atom. The fraction of sp³-hybridized carbons (Fsp3) is 0.562. The number of piperidine rings is 1. The number of carbonyl (C=O) groups excluding carboxylic acids is 1. The van der Waals surface area contributed by atoms with E-state index in [2.05, 4.69) is 10.6 Å². The van der Waals surface area contributed by atoms with Crippen LogP contribution in [-0.4, -0.2) is 35.7 Å².